The second-order valence-electron chi connectivity index (χ2n) is 6.47. The van der Waals surface area contributed by atoms with E-state index in [0.717, 1.165) is 36.3 Å². The topological polar surface area (TPSA) is 73.1 Å². The Morgan fingerprint density at radius 2 is 2.24 bits per heavy atom. The van der Waals surface area contributed by atoms with E-state index in [4.69, 9.17) is 4.74 Å². The molecule has 0 spiro atoms. The van der Waals surface area contributed by atoms with E-state index in [1.54, 1.807) is 12.5 Å². The fourth-order valence-corrected chi connectivity index (χ4v) is 3.12. The maximum atomic E-state index is 12.5. The Hall–Kier alpha value is -2.28. The highest BCUT2D eigenvalue weighted by atomic mass is 16.5. The van der Waals surface area contributed by atoms with Crippen LogP contribution in [0, 0.1) is 6.92 Å². The lowest BCUT2D eigenvalue weighted by Crippen LogP contribution is -2.45. The van der Waals surface area contributed by atoms with E-state index in [9.17, 15) is 4.79 Å². The number of morpholine rings is 1. The van der Waals surface area contributed by atoms with Crippen molar-refractivity contribution in [3.8, 4) is 0 Å². The van der Waals surface area contributed by atoms with E-state index in [2.05, 4.69) is 15.1 Å². The minimum absolute atomic E-state index is 0.0738. The molecule has 0 aliphatic carbocycles. The molecule has 1 fully saturated rings. The third-order valence-electron chi connectivity index (χ3n) is 4.59. The van der Waals surface area contributed by atoms with Gasteiger partial charge in [-0.05, 0) is 38.3 Å². The molecule has 25 heavy (non-hydrogen) atoms. The molecule has 1 saturated heterocycles. The molecular weight excluding hydrogens is 318 g/mol. The summed E-state index contributed by atoms with van der Waals surface area (Å²) >= 11 is 0. The average molecular weight is 343 g/mol. The molecular formula is C18H25N5O2. The van der Waals surface area contributed by atoms with Crippen molar-refractivity contribution in [1.29, 1.82) is 0 Å². The highest BCUT2D eigenvalue weighted by Gasteiger charge is 2.24. The highest BCUT2D eigenvalue weighted by molar-refractivity contribution is 5.76. The molecule has 0 aromatic carbocycles. The molecule has 1 atom stereocenters. The number of carbonyl (C=O) groups excluding carboxylic acids is 1. The zero-order valence-electron chi connectivity index (χ0n) is 14.9. The number of rotatable bonds is 6. The summed E-state index contributed by atoms with van der Waals surface area (Å²) in [7, 11) is 1.90. The molecule has 1 aliphatic heterocycles. The molecule has 3 heterocycles. The SMILES string of the molecule is Cc1cc(CC[C@H]2CN(C(=O)CCc3ccnn3C)CCO2)ncn1. The largest absolute Gasteiger partial charge is 0.375 e. The normalized spacial score (nSPS) is 17.7. The van der Waals surface area contributed by atoms with Gasteiger partial charge in [0.2, 0.25) is 5.91 Å². The van der Waals surface area contributed by atoms with Gasteiger partial charge < -0.3 is 9.64 Å². The van der Waals surface area contributed by atoms with Crippen LogP contribution >= 0.6 is 0 Å². The molecule has 2 aromatic heterocycles. The van der Waals surface area contributed by atoms with Gasteiger partial charge in [-0.2, -0.15) is 5.10 Å². The molecule has 0 saturated carbocycles. The van der Waals surface area contributed by atoms with Crippen LogP contribution in [0.25, 0.3) is 0 Å². The van der Waals surface area contributed by atoms with E-state index in [1.807, 2.05) is 35.7 Å². The summed E-state index contributed by atoms with van der Waals surface area (Å²) in [4.78, 5) is 22.8. The monoisotopic (exact) mass is 343 g/mol. The number of hydrogen-bond acceptors (Lipinski definition) is 5. The predicted molar refractivity (Wildman–Crippen MR) is 92.9 cm³/mol. The Labute approximate surface area is 148 Å². The number of carbonyl (C=O) groups is 1. The maximum absolute atomic E-state index is 12.5. The van der Waals surface area contributed by atoms with Crippen LogP contribution in [0.1, 0.15) is 29.9 Å². The second-order valence-corrected chi connectivity index (χ2v) is 6.47. The maximum Gasteiger partial charge on any atom is 0.223 e. The van der Waals surface area contributed by atoms with Gasteiger partial charge in [0.05, 0.1) is 12.7 Å². The predicted octanol–water partition coefficient (Wildman–Crippen LogP) is 1.31. The zero-order valence-corrected chi connectivity index (χ0v) is 14.9. The van der Waals surface area contributed by atoms with Crippen LogP contribution in [-0.4, -0.2) is 56.4 Å². The lowest BCUT2D eigenvalue weighted by molar-refractivity contribution is -0.138. The molecule has 0 radical (unpaired) electrons. The number of aryl methyl sites for hydroxylation is 4. The van der Waals surface area contributed by atoms with Gasteiger partial charge in [0.15, 0.2) is 0 Å². The molecule has 7 heteroatoms. The first-order valence-electron chi connectivity index (χ1n) is 8.75. The minimum atomic E-state index is 0.0738. The highest BCUT2D eigenvalue weighted by Crippen LogP contribution is 2.14. The van der Waals surface area contributed by atoms with Gasteiger partial charge in [-0.25, -0.2) is 9.97 Å². The van der Waals surface area contributed by atoms with Crippen molar-refractivity contribution in [3.63, 3.8) is 0 Å². The fourth-order valence-electron chi connectivity index (χ4n) is 3.12. The van der Waals surface area contributed by atoms with Crippen molar-refractivity contribution in [2.24, 2.45) is 7.05 Å². The van der Waals surface area contributed by atoms with Gasteiger partial charge >= 0.3 is 0 Å². The van der Waals surface area contributed by atoms with E-state index >= 15 is 0 Å². The van der Waals surface area contributed by atoms with Crippen molar-refractivity contribution in [3.05, 3.63) is 41.7 Å². The Morgan fingerprint density at radius 1 is 1.36 bits per heavy atom. The van der Waals surface area contributed by atoms with Gasteiger partial charge in [-0.3, -0.25) is 9.48 Å². The quantitative estimate of drug-likeness (QED) is 0.791. The first-order valence-corrected chi connectivity index (χ1v) is 8.75. The average Bonchev–Trinajstić information content (AvgIpc) is 3.03. The molecule has 0 N–H and O–H groups in total. The molecule has 7 nitrogen and oxygen atoms in total. The van der Waals surface area contributed by atoms with Crippen molar-refractivity contribution >= 4 is 5.91 Å². The Balaban J connectivity index is 1.47. The number of aromatic nitrogens is 4. The summed E-state index contributed by atoms with van der Waals surface area (Å²) < 4.78 is 7.65. The molecule has 0 unspecified atom stereocenters. The second kappa shape index (κ2) is 8.20. The summed E-state index contributed by atoms with van der Waals surface area (Å²) in [6, 6.07) is 3.96. The summed E-state index contributed by atoms with van der Waals surface area (Å²) in [6.45, 7) is 3.90. The zero-order chi connectivity index (χ0) is 17.6. The fraction of sp³-hybridized carbons (Fsp3) is 0.556. The number of amides is 1. The lowest BCUT2D eigenvalue weighted by atomic mass is 10.1. The van der Waals surface area contributed by atoms with Crippen molar-refractivity contribution in [2.45, 2.75) is 38.7 Å². The van der Waals surface area contributed by atoms with Gasteiger partial charge in [0, 0.05) is 49.8 Å². The molecule has 2 aromatic rings. The van der Waals surface area contributed by atoms with Crippen molar-refractivity contribution in [1.82, 2.24) is 24.6 Å². The summed E-state index contributed by atoms with van der Waals surface area (Å²) in [5, 5.41) is 4.14. The van der Waals surface area contributed by atoms with Crippen molar-refractivity contribution < 1.29 is 9.53 Å². The van der Waals surface area contributed by atoms with Gasteiger partial charge in [0.1, 0.15) is 6.33 Å². The molecule has 1 aliphatic rings. The standard InChI is InChI=1S/C18H25N5O2/c1-14-11-15(20-13-19-14)3-5-17-12-23(9-10-25-17)18(24)6-4-16-7-8-21-22(16)2/h7-8,11,13,17H,3-6,9-10,12H2,1-2H3/t17-/m0/s1. The summed E-state index contributed by atoms with van der Waals surface area (Å²) in [5.74, 6) is 0.187. The third kappa shape index (κ3) is 4.85. The molecule has 3 rings (SSSR count). The van der Waals surface area contributed by atoms with Gasteiger partial charge in [-0.15, -0.1) is 0 Å². The van der Waals surface area contributed by atoms with E-state index in [0.29, 0.717) is 26.1 Å². The molecule has 1 amide bonds. The van der Waals surface area contributed by atoms with Crippen LogP contribution in [0.4, 0.5) is 0 Å². The Bertz CT molecular complexity index is 715. The minimum Gasteiger partial charge on any atom is -0.375 e. The van der Waals surface area contributed by atoms with Crippen LogP contribution in [0.3, 0.4) is 0 Å². The van der Waals surface area contributed by atoms with E-state index in [-0.39, 0.29) is 12.0 Å². The number of nitrogens with zero attached hydrogens (tertiary/aromatic N) is 5. The van der Waals surface area contributed by atoms with Crippen molar-refractivity contribution in [2.75, 3.05) is 19.7 Å². The van der Waals surface area contributed by atoms with E-state index < -0.39 is 0 Å². The number of hydrogen-bond donors (Lipinski definition) is 0. The van der Waals surface area contributed by atoms with E-state index in [1.165, 1.54) is 0 Å². The van der Waals surface area contributed by atoms with Gasteiger partial charge in [0.25, 0.3) is 0 Å². The van der Waals surface area contributed by atoms with Crippen LogP contribution in [0.2, 0.25) is 0 Å². The summed E-state index contributed by atoms with van der Waals surface area (Å²) in [5.41, 5.74) is 3.08. The Morgan fingerprint density at radius 3 is 3.00 bits per heavy atom. The third-order valence-corrected chi connectivity index (χ3v) is 4.59. The van der Waals surface area contributed by atoms with Crippen LogP contribution in [0.5, 0.6) is 0 Å². The van der Waals surface area contributed by atoms with Gasteiger partial charge in [-0.1, -0.05) is 0 Å². The van der Waals surface area contributed by atoms with Crippen LogP contribution in [0.15, 0.2) is 24.7 Å². The lowest BCUT2D eigenvalue weighted by Gasteiger charge is -2.33. The van der Waals surface area contributed by atoms with Crippen LogP contribution < -0.4 is 0 Å². The molecule has 0 bridgehead atoms. The smallest absolute Gasteiger partial charge is 0.223 e. The molecule has 134 valence electrons. The first kappa shape index (κ1) is 17.5. The van der Waals surface area contributed by atoms with Crippen LogP contribution in [-0.2, 0) is 29.4 Å². The summed E-state index contributed by atoms with van der Waals surface area (Å²) in [6.07, 6.45) is 6.37. The number of ether oxygens (including phenoxy) is 1. The Kier molecular flexibility index (Phi) is 5.75. The first-order chi connectivity index (χ1) is 12.1.